The Kier molecular flexibility index (Phi) is 4.86. The number of ketones is 2. The number of halogens is 3. The van der Waals surface area contributed by atoms with Gasteiger partial charge in [0.2, 0.25) is 5.95 Å². The lowest BCUT2D eigenvalue weighted by atomic mass is 9.84. The van der Waals surface area contributed by atoms with Crippen LogP contribution in [0.25, 0.3) is 0 Å². The number of hydrogen-bond donors (Lipinski definition) is 1. The molecule has 2 rings (SSSR count). The summed E-state index contributed by atoms with van der Waals surface area (Å²) in [5.74, 6) is -0.574. The molecular weight excluding hydrogens is 323 g/mol. The third-order valence-electron chi connectivity index (χ3n) is 3.92. The quantitative estimate of drug-likeness (QED) is 0.854. The van der Waals surface area contributed by atoms with E-state index in [1.165, 1.54) is 0 Å². The van der Waals surface area contributed by atoms with Gasteiger partial charge in [-0.3, -0.25) is 9.59 Å². The van der Waals surface area contributed by atoms with Crippen molar-refractivity contribution >= 4 is 17.5 Å². The summed E-state index contributed by atoms with van der Waals surface area (Å²) in [7, 11) is 0. The van der Waals surface area contributed by atoms with Crippen LogP contribution in [0.3, 0.4) is 0 Å². The normalized spacial score (nSPS) is 16.1. The minimum absolute atomic E-state index is 0.138. The molecule has 8 heteroatoms. The fourth-order valence-corrected chi connectivity index (χ4v) is 2.36. The number of Topliss-reactive ketones (excluding diaryl/α,β-unsaturated/α-hetero) is 2. The van der Waals surface area contributed by atoms with Crippen LogP contribution in [-0.2, 0) is 15.8 Å². The molecule has 0 amide bonds. The third kappa shape index (κ3) is 3.52. The van der Waals surface area contributed by atoms with E-state index < -0.39 is 11.9 Å². The van der Waals surface area contributed by atoms with Gasteiger partial charge >= 0.3 is 6.18 Å². The predicted octanol–water partition coefficient (Wildman–Crippen LogP) is 3.10. The van der Waals surface area contributed by atoms with Gasteiger partial charge in [0, 0.05) is 35.0 Å². The number of hydrogen-bond acceptors (Lipinski definition) is 5. The van der Waals surface area contributed by atoms with Crippen LogP contribution in [0.4, 0.5) is 19.1 Å². The molecule has 0 fully saturated rings. The average Bonchev–Trinajstić information content (AvgIpc) is 2.54. The fraction of sp³-hybridized carbons (Fsp3) is 0.375. The standard InChI is InChI=1S/C16H16F3N3O2/c1-8-9(2)14(24)11(10(3)13(8)23)4-6-20-15-21-7-5-12(22-15)16(17,18)19/h5,7H,4,6H2,1-3H3,(H,20,21,22). The molecule has 5 nitrogen and oxygen atoms in total. The second kappa shape index (κ2) is 6.54. The van der Waals surface area contributed by atoms with Crippen molar-refractivity contribution in [2.24, 2.45) is 0 Å². The minimum Gasteiger partial charge on any atom is -0.354 e. The summed E-state index contributed by atoms with van der Waals surface area (Å²) >= 11 is 0. The van der Waals surface area contributed by atoms with Crippen molar-refractivity contribution in [3.8, 4) is 0 Å². The molecule has 1 aliphatic rings. The van der Waals surface area contributed by atoms with E-state index in [0.29, 0.717) is 22.3 Å². The number of alkyl halides is 3. The van der Waals surface area contributed by atoms with Gasteiger partial charge in [0.05, 0.1) is 0 Å². The van der Waals surface area contributed by atoms with Crippen LogP contribution in [0.1, 0.15) is 32.9 Å². The number of aromatic nitrogens is 2. The fourth-order valence-electron chi connectivity index (χ4n) is 2.36. The van der Waals surface area contributed by atoms with Crippen LogP contribution in [0.15, 0.2) is 34.6 Å². The summed E-state index contributed by atoms with van der Waals surface area (Å²) in [5, 5.41) is 2.65. The molecule has 1 N–H and O–H groups in total. The van der Waals surface area contributed by atoms with Gasteiger partial charge in [0.15, 0.2) is 11.6 Å². The van der Waals surface area contributed by atoms with E-state index in [4.69, 9.17) is 0 Å². The van der Waals surface area contributed by atoms with E-state index in [-0.39, 0.29) is 30.5 Å². The van der Waals surface area contributed by atoms with Crippen molar-refractivity contribution in [3.63, 3.8) is 0 Å². The van der Waals surface area contributed by atoms with Gasteiger partial charge < -0.3 is 5.32 Å². The van der Waals surface area contributed by atoms with Crippen molar-refractivity contribution in [3.05, 3.63) is 40.2 Å². The summed E-state index contributed by atoms with van der Waals surface area (Å²) in [6.45, 7) is 4.90. The molecule has 1 heterocycles. The first-order chi connectivity index (χ1) is 11.1. The molecule has 128 valence electrons. The number of carbonyl (C=O) groups is 2. The van der Waals surface area contributed by atoms with Crippen molar-refractivity contribution in [1.82, 2.24) is 9.97 Å². The average molecular weight is 339 g/mol. The monoisotopic (exact) mass is 339 g/mol. The molecule has 1 aromatic heterocycles. The first-order valence-electron chi connectivity index (χ1n) is 7.23. The zero-order chi connectivity index (χ0) is 18.1. The van der Waals surface area contributed by atoms with Crippen LogP contribution < -0.4 is 5.32 Å². The minimum atomic E-state index is -4.55. The molecule has 0 saturated carbocycles. The van der Waals surface area contributed by atoms with Crippen LogP contribution in [0, 0.1) is 0 Å². The summed E-state index contributed by atoms with van der Waals surface area (Å²) in [6, 6.07) is 0.776. The number of nitrogens with one attached hydrogen (secondary N) is 1. The third-order valence-corrected chi connectivity index (χ3v) is 3.92. The number of carbonyl (C=O) groups excluding carboxylic acids is 2. The van der Waals surface area contributed by atoms with Gasteiger partial charge in [-0.25, -0.2) is 9.97 Å². The Balaban J connectivity index is 2.07. The lowest BCUT2D eigenvalue weighted by Crippen LogP contribution is -2.22. The Morgan fingerprint density at radius 3 is 2.29 bits per heavy atom. The molecule has 0 radical (unpaired) electrons. The van der Waals surface area contributed by atoms with Crippen molar-refractivity contribution < 1.29 is 22.8 Å². The zero-order valence-corrected chi connectivity index (χ0v) is 13.4. The van der Waals surface area contributed by atoms with E-state index in [9.17, 15) is 22.8 Å². The number of rotatable bonds is 4. The smallest absolute Gasteiger partial charge is 0.354 e. The summed E-state index contributed by atoms with van der Waals surface area (Å²) in [4.78, 5) is 31.4. The maximum absolute atomic E-state index is 12.6. The number of anilines is 1. The van der Waals surface area contributed by atoms with E-state index in [1.807, 2.05) is 0 Å². The van der Waals surface area contributed by atoms with Gasteiger partial charge in [0.25, 0.3) is 0 Å². The Bertz CT molecular complexity index is 764. The molecule has 0 saturated heterocycles. The molecular formula is C16H16F3N3O2. The topological polar surface area (TPSA) is 72.0 Å². The Morgan fingerprint density at radius 1 is 1.04 bits per heavy atom. The highest BCUT2D eigenvalue weighted by Gasteiger charge is 2.33. The van der Waals surface area contributed by atoms with Crippen LogP contribution in [0.2, 0.25) is 0 Å². The lowest BCUT2D eigenvalue weighted by molar-refractivity contribution is -0.141. The molecule has 0 spiro atoms. The maximum Gasteiger partial charge on any atom is 0.433 e. The van der Waals surface area contributed by atoms with Crippen molar-refractivity contribution in [2.75, 3.05) is 11.9 Å². The van der Waals surface area contributed by atoms with Crippen LogP contribution in [0.5, 0.6) is 0 Å². The van der Waals surface area contributed by atoms with E-state index in [0.717, 1.165) is 12.3 Å². The summed E-state index contributed by atoms with van der Waals surface area (Å²) in [6.07, 6.45) is -3.35. The maximum atomic E-state index is 12.6. The Hall–Kier alpha value is -2.51. The van der Waals surface area contributed by atoms with Gasteiger partial charge in [-0.2, -0.15) is 13.2 Å². The van der Waals surface area contributed by atoms with Gasteiger partial charge in [-0.15, -0.1) is 0 Å². The van der Waals surface area contributed by atoms with E-state index >= 15 is 0 Å². The molecule has 1 aromatic rings. The summed E-state index contributed by atoms with van der Waals surface area (Å²) in [5.41, 5.74) is 0.512. The molecule has 0 aromatic carbocycles. The van der Waals surface area contributed by atoms with Crippen molar-refractivity contribution in [2.45, 2.75) is 33.4 Å². The molecule has 0 atom stereocenters. The molecule has 0 bridgehead atoms. The molecule has 24 heavy (non-hydrogen) atoms. The Labute approximate surface area is 136 Å². The first-order valence-corrected chi connectivity index (χ1v) is 7.23. The SMILES string of the molecule is CC1=C(C)C(=O)C(CCNc2nccc(C(F)(F)F)n2)=C(C)C1=O. The molecule has 0 unspecified atom stereocenters. The largest absolute Gasteiger partial charge is 0.433 e. The van der Waals surface area contributed by atoms with Crippen LogP contribution >= 0.6 is 0 Å². The second-order valence-electron chi connectivity index (χ2n) is 5.45. The number of nitrogens with zero attached hydrogens (tertiary/aromatic N) is 2. The van der Waals surface area contributed by atoms with Crippen molar-refractivity contribution in [1.29, 1.82) is 0 Å². The van der Waals surface area contributed by atoms with Gasteiger partial charge in [0.1, 0.15) is 5.69 Å². The summed E-state index contributed by atoms with van der Waals surface area (Å²) < 4.78 is 37.8. The van der Waals surface area contributed by atoms with Crippen LogP contribution in [-0.4, -0.2) is 28.1 Å². The number of allylic oxidation sites excluding steroid dienone is 3. The van der Waals surface area contributed by atoms with E-state index in [1.54, 1.807) is 20.8 Å². The second-order valence-corrected chi connectivity index (χ2v) is 5.45. The highest BCUT2D eigenvalue weighted by atomic mass is 19.4. The van der Waals surface area contributed by atoms with Gasteiger partial charge in [-0.1, -0.05) is 0 Å². The lowest BCUT2D eigenvalue weighted by Gasteiger charge is -2.18. The highest BCUT2D eigenvalue weighted by Crippen LogP contribution is 2.28. The molecule has 0 aliphatic heterocycles. The zero-order valence-electron chi connectivity index (χ0n) is 13.4. The molecule has 1 aliphatic carbocycles. The first kappa shape index (κ1) is 17.8. The highest BCUT2D eigenvalue weighted by molar-refractivity contribution is 6.24. The predicted molar refractivity (Wildman–Crippen MR) is 81.2 cm³/mol. The van der Waals surface area contributed by atoms with Gasteiger partial charge in [-0.05, 0) is 33.3 Å². The Morgan fingerprint density at radius 2 is 1.67 bits per heavy atom. The van der Waals surface area contributed by atoms with E-state index in [2.05, 4.69) is 15.3 Å².